The molecule has 1 aliphatic rings. The molecular weight excluding hydrogens is 314 g/mol. The number of carbonyl (C=O) groups is 1. The third-order valence-corrected chi connectivity index (χ3v) is 6.15. The Balaban J connectivity index is 2.04. The molecule has 9 heteroatoms. The third kappa shape index (κ3) is 4.21. The second kappa shape index (κ2) is 6.80. The Bertz CT molecular complexity index is 599. The Labute approximate surface area is 128 Å². The number of hydrogen-bond donors (Lipinski definition) is 2. The van der Waals surface area contributed by atoms with E-state index in [1.54, 1.807) is 11.8 Å². The number of hydrogen-bond acceptors (Lipinski definition) is 5. The minimum Gasteiger partial charge on any atom is -0.481 e. The number of nitrogens with zero attached hydrogens (tertiary/aromatic N) is 2. The molecule has 2 unspecified atom stereocenters. The van der Waals surface area contributed by atoms with Crippen LogP contribution in [0, 0.1) is 0 Å². The monoisotopic (exact) mass is 333 g/mol. The van der Waals surface area contributed by atoms with Crippen LogP contribution in [0.1, 0.15) is 25.7 Å². The molecule has 7 nitrogen and oxygen atoms in total. The van der Waals surface area contributed by atoms with Crippen molar-refractivity contribution in [1.82, 2.24) is 14.5 Å². The highest BCUT2D eigenvalue weighted by molar-refractivity contribution is 7.99. The number of rotatable bonds is 7. The first-order chi connectivity index (χ1) is 9.92. The van der Waals surface area contributed by atoms with Crippen LogP contribution in [-0.4, -0.2) is 46.8 Å². The quantitative estimate of drug-likeness (QED) is 0.769. The van der Waals surface area contributed by atoms with Crippen molar-refractivity contribution in [3.05, 3.63) is 12.4 Å². The first-order valence-corrected chi connectivity index (χ1v) is 9.49. The fraction of sp³-hybridized carbons (Fsp3) is 0.667. The lowest BCUT2D eigenvalue weighted by Gasteiger charge is -2.18. The Morgan fingerprint density at radius 2 is 2.33 bits per heavy atom. The van der Waals surface area contributed by atoms with E-state index in [-0.39, 0.29) is 23.9 Å². The van der Waals surface area contributed by atoms with E-state index < -0.39 is 16.0 Å². The molecule has 0 bridgehead atoms. The van der Waals surface area contributed by atoms with E-state index in [1.165, 1.54) is 17.1 Å². The number of nitrogens with one attached hydrogen (secondary N) is 1. The van der Waals surface area contributed by atoms with Crippen molar-refractivity contribution in [2.24, 2.45) is 0 Å². The first kappa shape index (κ1) is 16.3. The van der Waals surface area contributed by atoms with Crippen LogP contribution >= 0.6 is 11.8 Å². The predicted molar refractivity (Wildman–Crippen MR) is 79.7 cm³/mol. The highest BCUT2D eigenvalue weighted by Crippen LogP contribution is 2.29. The number of aryl methyl sites for hydroxylation is 1. The summed E-state index contributed by atoms with van der Waals surface area (Å²) in [7, 11) is -3.60. The van der Waals surface area contributed by atoms with Gasteiger partial charge in [0, 0.05) is 17.5 Å². The van der Waals surface area contributed by atoms with Crippen LogP contribution in [0.4, 0.5) is 0 Å². The Hall–Kier alpha value is -1.06. The number of carboxylic acids is 1. The molecule has 1 heterocycles. The van der Waals surface area contributed by atoms with Gasteiger partial charge in [-0.15, -0.1) is 0 Å². The van der Waals surface area contributed by atoms with E-state index in [9.17, 15) is 13.2 Å². The van der Waals surface area contributed by atoms with Crippen LogP contribution in [0.25, 0.3) is 0 Å². The molecule has 1 saturated carbocycles. The number of aromatic nitrogens is 2. The molecular formula is C12H19N3O4S2. The van der Waals surface area contributed by atoms with Gasteiger partial charge >= 0.3 is 5.97 Å². The summed E-state index contributed by atoms with van der Waals surface area (Å²) in [6, 6.07) is -0.0487. The van der Waals surface area contributed by atoms with Gasteiger partial charge in [0.2, 0.25) is 10.0 Å². The summed E-state index contributed by atoms with van der Waals surface area (Å²) in [6.07, 6.45) is 7.41. The molecule has 2 rings (SSSR count). The van der Waals surface area contributed by atoms with Gasteiger partial charge in [0.05, 0.1) is 19.2 Å². The lowest BCUT2D eigenvalue weighted by Crippen LogP contribution is -2.38. The SMILES string of the molecule is CSC1CCCC1NS(=O)(=O)c1cnn(CCC(=O)O)c1. The molecule has 1 aliphatic carbocycles. The molecule has 1 aromatic heterocycles. The summed E-state index contributed by atoms with van der Waals surface area (Å²) in [6.45, 7) is 0.154. The average Bonchev–Trinajstić information content (AvgIpc) is 3.04. The van der Waals surface area contributed by atoms with Crippen molar-refractivity contribution >= 4 is 27.8 Å². The second-order valence-corrected chi connectivity index (χ2v) is 7.81. The zero-order valence-corrected chi connectivity index (χ0v) is 13.4. The van der Waals surface area contributed by atoms with E-state index >= 15 is 0 Å². The van der Waals surface area contributed by atoms with Gasteiger partial charge in [0.1, 0.15) is 4.90 Å². The minimum absolute atomic E-state index is 0.0487. The van der Waals surface area contributed by atoms with Crippen LogP contribution in [0.15, 0.2) is 17.3 Å². The largest absolute Gasteiger partial charge is 0.481 e. The topological polar surface area (TPSA) is 101 Å². The van der Waals surface area contributed by atoms with Crippen LogP contribution in [0.2, 0.25) is 0 Å². The van der Waals surface area contributed by atoms with Gasteiger partial charge in [-0.2, -0.15) is 16.9 Å². The van der Waals surface area contributed by atoms with Gasteiger partial charge in [-0.1, -0.05) is 6.42 Å². The molecule has 0 aromatic carbocycles. The molecule has 0 saturated heterocycles. The molecule has 0 amide bonds. The summed E-state index contributed by atoms with van der Waals surface area (Å²) in [5.41, 5.74) is 0. The van der Waals surface area contributed by atoms with Crippen molar-refractivity contribution in [2.75, 3.05) is 6.26 Å². The number of sulfonamides is 1. The first-order valence-electron chi connectivity index (χ1n) is 6.72. The number of aliphatic carboxylic acids is 1. The number of carboxylic acid groups (broad SMARTS) is 1. The summed E-state index contributed by atoms with van der Waals surface area (Å²) < 4.78 is 28.7. The zero-order valence-electron chi connectivity index (χ0n) is 11.7. The number of thioether (sulfide) groups is 1. The van der Waals surface area contributed by atoms with Gasteiger partial charge in [0.15, 0.2) is 0 Å². The van der Waals surface area contributed by atoms with E-state index in [4.69, 9.17) is 5.11 Å². The lowest BCUT2D eigenvalue weighted by molar-refractivity contribution is -0.137. The maximum absolute atomic E-state index is 12.3. The molecule has 21 heavy (non-hydrogen) atoms. The van der Waals surface area contributed by atoms with Gasteiger partial charge in [-0.05, 0) is 19.1 Å². The predicted octanol–water partition coefficient (Wildman–Crippen LogP) is 0.920. The van der Waals surface area contributed by atoms with Crippen LogP contribution < -0.4 is 4.72 Å². The van der Waals surface area contributed by atoms with Gasteiger partial charge in [0.25, 0.3) is 0 Å². The van der Waals surface area contributed by atoms with Crippen molar-refractivity contribution in [3.63, 3.8) is 0 Å². The maximum Gasteiger partial charge on any atom is 0.305 e. The summed E-state index contributed by atoms with van der Waals surface area (Å²) in [4.78, 5) is 10.6. The summed E-state index contributed by atoms with van der Waals surface area (Å²) in [5, 5.41) is 12.8. The average molecular weight is 333 g/mol. The zero-order chi connectivity index (χ0) is 15.5. The molecule has 2 atom stereocenters. The Morgan fingerprint density at radius 3 is 3.00 bits per heavy atom. The van der Waals surface area contributed by atoms with Crippen molar-refractivity contribution in [3.8, 4) is 0 Å². The van der Waals surface area contributed by atoms with Gasteiger partial charge in [-0.3, -0.25) is 9.48 Å². The standard InChI is InChI=1S/C12H19N3O4S2/c1-20-11-4-2-3-10(11)14-21(18,19)9-7-13-15(8-9)6-5-12(16)17/h7-8,10-11,14H,2-6H2,1H3,(H,16,17). The van der Waals surface area contributed by atoms with Gasteiger partial charge in [-0.25, -0.2) is 13.1 Å². The summed E-state index contributed by atoms with van der Waals surface area (Å²) in [5.74, 6) is -0.943. The Morgan fingerprint density at radius 1 is 1.57 bits per heavy atom. The normalized spacial score (nSPS) is 22.5. The van der Waals surface area contributed by atoms with E-state index in [2.05, 4.69) is 9.82 Å². The Kier molecular flexibility index (Phi) is 5.28. The highest BCUT2D eigenvalue weighted by Gasteiger charge is 2.31. The molecule has 0 aliphatic heterocycles. The molecule has 2 N–H and O–H groups in total. The summed E-state index contributed by atoms with van der Waals surface area (Å²) >= 11 is 1.68. The van der Waals surface area contributed by atoms with Crippen LogP contribution in [0.3, 0.4) is 0 Å². The molecule has 0 radical (unpaired) electrons. The van der Waals surface area contributed by atoms with Crippen molar-refractivity contribution in [2.45, 2.75) is 48.4 Å². The molecule has 118 valence electrons. The molecule has 0 spiro atoms. The van der Waals surface area contributed by atoms with Crippen LogP contribution in [0.5, 0.6) is 0 Å². The van der Waals surface area contributed by atoms with Crippen molar-refractivity contribution < 1.29 is 18.3 Å². The minimum atomic E-state index is -3.60. The fourth-order valence-corrected chi connectivity index (χ4v) is 4.71. The van der Waals surface area contributed by atoms with Crippen molar-refractivity contribution in [1.29, 1.82) is 0 Å². The third-order valence-electron chi connectivity index (χ3n) is 3.54. The molecule has 1 fully saturated rings. The lowest BCUT2D eigenvalue weighted by atomic mass is 10.3. The van der Waals surface area contributed by atoms with E-state index in [1.807, 2.05) is 6.26 Å². The highest BCUT2D eigenvalue weighted by atomic mass is 32.2. The smallest absolute Gasteiger partial charge is 0.305 e. The van der Waals surface area contributed by atoms with E-state index in [0.29, 0.717) is 5.25 Å². The fourth-order valence-electron chi connectivity index (χ4n) is 2.43. The maximum atomic E-state index is 12.3. The van der Waals surface area contributed by atoms with E-state index in [0.717, 1.165) is 19.3 Å². The molecule has 1 aromatic rings. The van der Waals surface area contributed by atoms with Gasteiger partial charge < -0.3 is 5.11 Å². The van der Waals surface area contributed by atoms with Crippen LogP contribution in [-0.2, 0) is 21.4 Å². The second-order valence-electron chi connectivity index (χ2n) is 5.02.